The first-order chi connectivity index (χ1) is 10.6. The number of nitrogens with two attached hydrogens (primary N) is 1. The highest BCUT2D eigenvalue weighted by molar-refractivity contribution is 7.09. The second kappa shape index (κ2) is 6.25. The molecule has 0 saturated heterocycles. The molecule has 0 spiro atoms. The van der Waals surface area contributed by atoms with Gasteiger partial charge < -0.3 is 11.1 Å². The zero-order chi connectivity index (χ0) is 15.5. The molecule has 3 aromatic rings. The van der Waals surface area contributed by atoms with E-state index in [-0.39, 0.29) is 18.4 Å². The van der Waals surface area contributed by atoms with Crippen LogP contribution in [-0.2, 0) is 11.2 Å². The van der Waals surface area contributed by atoms with E-state index < -0.39 is 0 Å². The van der Waals surface area contributed by atoms with E-state index in [0.29, 0.717) is 0 Å². The summed E-state index contributed by atoms with van der Waals surface area (Å²) < 4.78 is 0. The molecule has 22 heavy (non-hydrogen) atoms. The third-order valence-electron chi connectivity index (χ3n) is 3.33. The summed E-state index contributed by atoms with van der Waals surface area (Å²) >= 11 is 1.49. The highest BCUT2D eigenvalue weighted by atomic mass is 32.1. The van der Waals surface area contributed by atoms with Crippen molar-refractivity contribution in [2.24, 2.45) is 5.73 Å². The van der Waals surface area contributed by atoms with Gasteiger partial charge in [-0.1, -0.05) is 30.3 Å². The quantitative estimate of drug-likeness (QED) is 0.775. The number of benzene rings is 2. The van der Waals surface area contributed by atoms with Crippen LogP contribution in [0.25, 0.3) is 10.8 Å². The number of hydrogen-bond donors (Lipinski definition) is 2. The summed E-state index contributed by atoms with van der Waals surface area (Å²) in [5, 5.41) is 7.92. The van der Waals surface area contributed by atoms with Crippen LogP contribution >= 0.6 is 11.3 Å². The first-order valence-electron chi connectivity index (χ1n) is 7.10. The lowest BCUT2D eigenvalue weighted by atomic mass is 10.1. The number of aromatic nitrogens is 1. The van der Waals surface area contributed by atoms with E-state index in [9.17, 15) is 4.79 Å². The zero-order valence-corrected chi connectivity index (χ0v) is 13.1. The van der Waals surface area contributed by atoms with Crippen LogP contribution in [0.5, 0.6) is 0 Å². The summed E-state index contributed by atoms with van der Waals surface area (Å²) in [6.07, 6.45) is 0.260. The molecule has 0 bridgehead atoms. The number of nitrogens with one attached hydrogen (secondary N) is 1. The molecule has 3 N–H and O–H groups in total. The van der Waals surface area contributed by atoms with Crippen molar-refractivity contribution in [3.63, 3.8) is 0 Å². The molecule has 3 rings (SSSR count). The van der Waals surface area contributed by atoms with E-state index in [4.69, 9.17) is 5.73 Å². The van der Waals surface area contributed by atoms with E-state index in [1.54, 1.807) is 0 Å². The number of anilines is 1. The summed E-state index contributed by atoms with van der Waals surface area (Å²) in [6, 6.07) is 13.9. The van der Waals surface area contributed by atoms with Gasteiger partial charge in [0.15, 0.2) is 0 Å². The third-order valence-corrected chi connectivity index (χ3v) is 4.43. The molecular formula is C17H17N3OS. The van der Waals surface area contributed by atoms with Gasteiger partial charge in [0.1, 0.15) is 5.01 Å². The van der Waals surface area contributed by atoms with Gasteiger partial charge >= 0.3 is 0 Å². The highest BCUT2D eigenvalue weighted by Gasteiger charge is 2.10. The van der Waals surface area contributed by atoms with Gasteiger partial charge in [-0.15, -0.1) is 11.3 Å². The molecule has 112 valence electrons. The topological polar surface area (TPSA) is 68.0 Å². The summed E-state index contributed by atoms with van der Waals surface area (Å²) in [6.45, 7) is 1.89. The Morgan fingerprint density at radius 2 is 2.05 bits per heavy atom. The lowest BCUT2D eigenvalue weighted by Gasteiger charge is -2.06. The molecule has 0 aliphatic carbocycles. The molecular weight excluding hydrogens is 294 g/mol. The molecule has 1 amide bonds. The maximum atomic E-state index is 12.1. The van der Waals surface area contributed by atoms with E-state index in [2.05, 4.69) is 10.3 Å². The molecule has 1 unspecified atom stereocenters. The Kier molecular flexibility index (Phi) is 4.18. The zero-order valence-electron chi connectivity index (χ0n) is 12.2. The normalized spacial score (nSPS) is 12.3. The summed E-state index contributed by atoms with van der Waals surface area (Å²) in [7, 11) is 0. The minimum Gasteiger partial charge on any atom is -0.326 e. The first kappa shape index (κ1) is 14.7. The van der Waals surface area contributed by atoms with Crippen molar-refractivity contribution < 1.29 is 4.79 Å². The number of hydrogen-bond acceptors (Lipinski definition) is 4. The third kappa shape index (κ3) is 3.32. The van der Waals surface area contributed by atoms with Crippen molar-refractivity contribution in [3.8, 4) is 0 Å². The molecule has 1 aromatic heterocycles. The van der Waals surface area contributed by atoms with Crippen molar-refractivity contribution in [2.75, 3.05) is 5.32 Å². The van der Waals surface area contributed by atoms with Crippen molar-refractivity contribution >= 4 is 33.7 Å². The molecule has 0 aliphatic heterocycles. The highest BCUT2D eigenvalue weighted by Crippen LogP contribution is 2.20. The Bertz CT molecular complexity index is 810. The van der Waals surface area contributed by atoms with Gasteiger partial charge in [-0.3, -0.25) is 4.79 Å². The Hall–Kier alpha value is -2.24. The fourth-order valence-corrected chi connectivity index (χ4v) is 3.03. The van der Waals surface area contributed by atoms with Gasteiger partial charge in [0.25, 0.3) is 0 Å². The van der Waals surface area contributed by atoms with Crippen molar-refractivity contribution in [2.45, 2.75) is 19.4 Å². The van der Waals surface area contributed by atoms with Gasteiger partial charge in [0, 0.05) is 11.1 Å². The molecule has 1 heterocycles. The van der Waals surface area contributed by atoms with Crippen LogP contribution in [0.4, 0.5) is 5.69 Å². The van der Waals surface area contributed by atoms with Crippen molar-refractivity contribution in [1.82, 2.24) is 4.98 Å². The Labute approximate surface area is 133 Å². The predicted octanol–water partition coefficient (Wildman–Crippen LogP) is 3.50. The number of carbonyl (C=O) groups excluding carboxylic acids is 1. The fraction of sp³-hybridized carbons (Fsp3) is 0.176. The molecule has 4 nitrogen and oxygen atoms in total. The van der Waals surface area contributed by atoms with Gasteiger partial charge in [0.05, 0.1) is 18.2 Å². The lowest BCUT2D eigenvalue weighted by Crippen LogP contribution is -2.14. The monoisotopic (exact) mass is 311 g/mol. The maximum absolute atomic E-state index is 12.1. The first-order valence-corrected chi connectivity index (χ1v) is 7.98. The molecule has 0 aliphatic rings. The van der Waals surface area contributed by atoms with Crippen LogP contribution in [0, 0.1) is 0 Å². The molecule has 2 aromatic carbocycles. The maximum Gasteiger partial charge on any atom is 0.230 e. The Morgan fingerprint density at radius 1 is 1.27 bits per heavy atom. The second-order valence-electron chi connectivity index (χ2n) is 5.25. The van der Waals surface area contributed by atoms with Gasteiger partial charge in [0.2, 0.25) is 5.91 Å². The van der Waals surface area contributed by atoms with E-state index in [1.807, 2.05) is 54.8 Å². The van der Waals surface area contributed by atoms with Crippen LogP contribution in [0.2, 0.25) is 0 Å². The van der Waals surface area contributed by atoms with Crippen molar-refractivity contribution in [1.29, 1.82) is 0 Å². The lowest BCUT2D eigenvalue weighted by molar-refractivity contribution is -0.115. The van der Waals surface area contributed by atoms with Crippen LogP contribution in [0.15, 0.2) is 47.8 Å². The molecule has 5 heteroatoms. The van der Waals surface area contributed by atoms with E-state index in [1.165, 1.54) is 11.3 Å². The average molecular weight is 311 g/mol. The van der Waals surface area contributed by atoms with Crippen LogP contribution in [0.3, 0.4) is 0 Å². The number of carbonyl (C=O) groups is 1. The number of amides is 1. The predicted molar refractivity (Wildman–Crippen MR) is 91.0 cm³/mol. The SMILES string of the molecule is CC(N)c1nc(CC(=O)Nc2ccc3ccccc3c2)cs1. The second-order valence-corrected chi connectivity index (χ2v) is 6.14. The van der Waals surface area contributed by atoms with Crippen LogP contribution in [-0.4, -0.2) is 10.9 Å². The molecule has 0 radical (unpaired) electrons. The number of thiazole rings is 1. The number of fused-ring (bicyclic) bond motifs is 1. The standard InChI is InChI=1S/C17H17N3OS/c1-11(18)17-20-15(10-22-17)9-16(21)19-14-7-6-12-4-2-3-5-13(12)8-14/h2-8,10-11H,9,18H2,1H3,(H,19,21). The Morgan fingerprint density at radius 3 is 2.77 bits per heavy atom. The summed E-state index contributed by atoms with van der Waals surface area (Å²) in [5.74, 6) is -0.0724. The van der Waals surface area contributed by atoms with Crippen LogP contribution in [0.1, 0.15) is 23.7 Å². The average Bonchev–Trinajstić information content (AvgIpc) is 2.95. The summed E-state index contributed by atoms with van der Waals surface area (Å²) in [5.41, 5.74) is 7.34. The molecule has 1 atom stereocenters. The minimum absolute atomic E-state index is 0.0724. The summed E-state index contributed by atoms with van der Waals surface area (Å²) in [4.78, 5) is 16.5. The Balaban J connectivity index is 1.69. The largest absolute Gasteiger partial charge is 0.326 e. The fourth-order valence-electron chi connectivity index (χ4n) is 2.25. The number of rotatable bonds is 4. The van der Waals surface area contributed by atoms with Gasteiger partial charge in [-0.25, -0.2) is 4.98 Å². The van der Waals surface area contributed by atoms with E-state index in [0.717, 1.165) is 27.2 Å². The number of nitrogens with zero attached hydrogens (tertiary/aromatic N) is 1. The molecule has 0 saturated carbocycles. The van der Waals surface area contributed by atoms with E-state index >= 15 is 0 Å². The van der Waals surface area contributed by atoms with Gasteiger partial charge in [-0.05, 0) is 29.8 Å². The minimum atomic E-state index is -0.0951. The van der Waals surface area contributed by atoms with Crippen molar-refractivity contribution in [3.05, 3.63) is 58.5 Å². The smallest absolute Gasteiger partial charge is 0.230 e. The molecule has 0 fully saturated rings. The van der Waals surface area contributed by atoms with Gasteiger partial charge in [-0.2, -0.15) is 0 Å². The van der Waals surface area contributed by atoms with Crippen LogP contribution < -0.4 is 11.1 Å².